The summed E-state index contributed by atoms with van der Waals surface area (Å²) in [6.07, 6.45) is 28.6. The van der Waals surface area contributed by atoms with Gasteiger partial charge in [0.1, 0.15) is 13.2 Å². The van der Waals surface area contributed by atoms with Crippen LogP contribution in [0.5, 0.6) is 0 Å². The molecule has 0 radical (unpaired) electrons. The molecule has 0 aromatic carbocycles. The van der Waals surface area contributed by atoms with Crippen molar-refractivity contribution in [1.82, 2.24) is 6.15 Å². The van der Waals surface area contributed by atoms with Gasteiger partial charge in [-0.3, -0.25) is 14.4 Å². The van der Waals surface area contributed by atoms with Gasteiger partial charge in [-0.1, -0.05) is 122 Å². The van der Waals surface area contributed by atoms with Crippen molar-refractivity contribution in [2.45, 2.75) is 149 Å². The van der Waals surface area contributed by atoms with Crippen molar-refractivity contribution in [2.24, 2.45) is 11.8 Å². The molecule has 0 bridgehead atoms. The third kappa shape index (κ3) is 27.8. The maximum atomic E-state index is 12.0. The average molecular weight is 680 g/mol. The van der Waals surface area contributed by atoms with E-state index in [0.717, 1.165) is 19.3 Å². The lowest BCUT2D eigenvalue weighted by Gasteiger charge is -2.15. The van der Waals surface area contributed by atoms with Crippen LogP contribution in [0.4, 0.5) is 0 Å². The molecule has 2 atom stereocenters. The quantitative estimate of drug-likeness (QED) is 0.0225. The highest BCUT2D eigenvalue weighted by Gasteiger charge is 2.32. The van der Waals surface area contributed by atoms with E-state index in [1.54, 1.807) is 0 Å². The van der Waals surface area contributed by atoms with Crippen LogP contribution in [0.15, 0.2) is 36.5 Å². The Bertz CT molecular complexity index is 973. The molecule has 0 aliphatic carbocycles. The number of quaternary nitrogens is 1. The van der Waals surface area contributed by atoms with Gasteiger partial charge in [0, 0.05) is 18.0 Å². The van der Waals surface area contributed by atoms with E-state index >= 15 is 0 Å². The smallest absolute Gasteiger partial charge is 0.333 e. The van der Waals surface area contributed by atoms with Crippen LogP contribution in [0, 0.1) is 11.8 Å². The molecule has 10 nitrogen and oxygen atoms in total. The van der Waals surface area contributed by atoms with E-state index in [1.165, 1.54) is 90.4 Å². The van der Waals surface area contributed by atoms with Crippen LogP contribution in [-0.4, -0.2) is 43.1 Å². The van der Waals surface area contributed by atoms with E-state index in [4.69, 9.17) is 9.47 Å². The molecule has 1 rings (SSSR count). The van der Waals surface area contributed by atoms with Crippen molar-refractivity contribution in [1.29, 1.82) is 0 Å². The predicted molar refractivity (Wildman–Crippen MR) is 188 cm³/mol. The summed E-state index contributed by atoms with van der Waals surface area (Å²) in [5.41, 5.74) is 0.257. The van der Waals surface area contributed by atoms with Gasteiger partial charge in [-0.05, 0) is 45.4 Å². The van der Waals surface area contributed by atoms with Crippen LogP contribution in [0.1, 0.15) is 149 Å². The van der Waals surface area contributed by atoms with Gasteiger partial charge in [-0.15, -0.1) is 0 Å². The molecule has 48 heavy (non-hydrogen) atoms. The van der Waals surface area contributed by atoms with E-state index in [0.29, 0.717) is 6.42 Å². The second kappa shape index (κ2) is 32.3. The van der Waals surface area contributed by atoms with Gasteiger partial charge < -0.3 is 30.3 Å². The number of cyclic esters (lactones) is 2. The highest BCUT2D eigenvalue weighted by molar-refractivity contribution is 5.94. The van der Waals surface area contributed by atoms with Gasteiger partial charge in [-0.2, -0.15) is 0 Å². The topological polar surface area (TPSA) is 173 Å². The average Bonchev–Trinajstić information content (AvgIpc) is 3.36. The molecule has 1 aliphatic rings. The van der Waals surface area contributed by atoms with E-state index in [-0.39, 0.29) is 55.6 Å². The first-order valence-corrected chi connectivity index (χ1v) is 17.9. The zero-order valence-electron chi connectivity index (χ0n) is 30.4. The summed E-state index contributed by atoms with van der Waals surface area (Å²) >= 11 is 0. The molecule has 0 aromatic heterocycles. The minimum absolute atomic E-state index is 0. The maximum Gasteiger partial charge on any atom is 0.333 e. The fourth-order valence-corrected chi connectivity index (χ4v) is 4.88. The molecule has 0 saturated carbocycles. The number of carboxylic acids is 1. The maximum absolute atomic E-state index is 12.0. The summed E-state index contributed by atoms with van der Waals surface area (Å²) in [6.45, 7) is 9.18. The Hall–Kier alpha value is -3.27. The monoisotopic (exact) mass is 679 g/mol. The summed E-state index contributed by atoms with van der Waals surface area (Å²) in [7, 11) is 0. The number of aliphatic carboxylic acids is 1. The molecule has 276 valence electrons. The first-order chi connectivity index (χ1) is 22.6. The number of allylic oxidation sites excluding steroid dienone is 4. The second-order valence-electron chi connectivity index (χ2n) is 12.3. The Morgan fingerprint density at radius 3 is 1.79 bits per heavy atom. The normalized spacial score (nSPS) is 14.6. The Labute approximate surface area is 289 Å². The fraction of sp³-hybridized carbons (Fsp3) is 0.711. The van der Waals surface area contributed by atoms with E-state index in [2.05, 4.69) is 31.2 Å². The third-order valence-electron chi connectivity index (χ3n) is 7.74. The highest BCUT2D eigenvalue weighted by Crippen LogP contribution is 2.20. The molecule has 2 unspecified atom stereocenters. The number of esters is 4. The number of unbranched alkanes of at least 4 members (excludes halogenated alkanes) is 14. The van der Waals surface area contributed by atoms with E-state index in [1.807, 2.05) is 18.2 Å². The largest absolute Gasteiger partial charge is 0.550 e. The van der Waals surface area contributed by atoms with Crippen LogP contribution in [-0.2, 0) is 38.2 Å². The number of hydrogen-bond donors (Lipinski definition) is 1. The molecule has 1 saturated heterocycles. The fourth-order valence-electron chi connectivity index (χ4n) is 4.88. The van der Waals surface area contributed by atoms with Gasteiger partial charge in [0.05, 0.1) is 18.3 Å². The second-order valence-corrected chi connectivity index (χ2v) is 12.3. The number of hydrogen-bond acceptors (Lipinski definition) is 9. The summed E-state index contributed by atoms with van der Waals surface area (Å²) in [5, 5.41) is 10.9. The van der Waals surface area contributed by atoms with Crippen molar-refractivity contribution in [2.75, 3.05) is 13.2 Å². The minimum Gasteiger partial charge on any atom is -0.550 e. The van der Waals surface area contributed by atoms with Gasteiger partial charge in [0.15, 0.2) is 0 Å². The lowest BCUT2D eigenvalue weighted by Crippen LogP contribution is -2.30. The molecule has 1 heterocycles. The third-order valence-corrected chi connectivity index (χ3v) is 7.74. The molecule has 10 heteroatoms. The van der Waals surface area contributed by atoms with Crippen molar-refractivity contribution in [3.8, 4) is 0 Å². The molecule has 0 amide bonds. The van der Waals surface area contributed by atoms with Gasteiger partial charge in [-0.25, -0.2) is 4.79 Å². The Morgan fingerprint density at radius 2 is 1.31 bits per heavy atom. The molecule has 0 spiro atoms. The molecule has 0 aromatic rings. The Balaban J connectivity index is 0. The Kier molecular flexibility index (Phi) is 31.5. The lowest BCUT2D eigenvalue weighted by molar-refractivity contribution is -0.306. The SMILES string of the molecule is C=C(C)C(=O)OCCOC(=O)C(C/C=C/CCCCCCCCC)CC(=O)[O-].CCCCCCCCC/C=C/CC1CC(=O)OC1=O.[NH4+]. The number of ether oxygens (including phenoxy) is 3. The van der Waals surface area contributed by atoms with Crippen LogP contribution in [0.25, 0.3) is 0 Å². The standard InChI is InChI=1S/C22H36O6.C16H26O3.H3N/c1-4-5-6-7-8-9-10-11-12-13-14-19(17-20(23)24)22(26)28-16-15-27-21(25)18(2)3;1-2-3-4-5-6-7-8-9-10-11-12-14-13-15(17)19-16(14)18;/h12-13,19H,2,4-11,14-17H2,1,3H3,(H,23,24);10-11,14H,2-9,12-13H2,1H3;1H3/b13-12+;11-10+;. The van der Waals surface area contributed by atoms with Crippen LogP contribution >= 0.6 is 0 Å². The molecular formula is C38H65NO9. The number of rotatable bonds is 27. The highest BCUT2D eigenvalue weighted by atomic mass is 16.6. The number of carbonyl (C=O) groups excluding carboxylic acids is 5. The van der Waals surface area contributed by atoms with Gasteiger partial charge in [0.2, 0.25) is 0 Å². The van der Waals surface area contributed by atoms with E-state index in [9.17, 15) is 29.1 Å². The predicted octanol–water partition coefficient (Wildman–Crippen LogP) is 8.03. The first-order valence-electron chi connectivity index (χ1n) is 17.9. The number of carboxylic acid groups (broad SMARTS) is 1. The minimum atomic E-state index is -1.30. The van der Waals surface area contributed by atoms with Gasteiger partial charge >= 0.3 is 23.9 Å². The van der Waals surface area contributed by atoms with Crippen LogP contribution < -0.4 is 11.3 Å². The molecule has 1 fully saturated rings. The van der Waals surface area contributed by atoms with Gasteiger partial charge in [0.25, 0.3) is 0 Å². The number of carbonyl (C=O) groups is 5. The zero-order chi connectivity index (χ0) is 35.1. The van der Waals surface area contributed by atoms with E-state index < -0.39 is 30.2 Å². The van der Waals surface area contributed by atoms with Crippen LogP contribution in [0.2, 0.25) is 0 Å². The first kappa shape index (κ1) is 46.8. The molecule has 4 N–H and O–H groups in total. The summed E-state index contributed by atoms with van der Waals surface area (Å²) in [4.78, 5) is 56.2. The Morgan fingerprint density at radius 1 is 0.812 bits per heavy atom. The van der Waals surface area contributed by atoms with Crippen molar-refractivity contribution in [3.05, 3.63) is 36.5 Å². The van der Waals surface area contributed by atoms with Crippen molar-refractivity contribution < 1.29 is 43.3 Å². The summed E-state index contributed by atoms with van der Waals surface area (Å²) in [5.74, 6) is -4.26. The lowest BCUT2D eigenvalue weighted by atomic mass is 10.0. The van der Waals surface area contributed by atoms with Crippen LogP contribution in [0.3, 0.4) is 0 Å². The summed E-state index contributed by atoms with van der Waals surface area (Å²) in [6, 6.07) is 0. The molecular weight excluding hydrogens is 614 g/mol. The molecule has 1 aliphatic heterocycles. The summed E-state index contributed by atoms with van der Waals surface area (Å²) < 4.78 is 14.3. The van der Waals surface area contributed by atoms with Crippen molar-refractivity contribution >= 4 is 29.8 Å². The zero-order valence-corrected chi connectivity index (χ0v) is 30.4. The van der Waals surface area contributed by atoms with Crippen molar-refractivity contribution in [3.63, 3.8) is 0 Å².